The van der Waals surface area contributed by atoms with E-state index in [1.807, 2.05) is 18.2 Å². The molecule has 2 unspecified atom stereocenters. The standard InChI is InChI=1S/C16H16O4/c1-19-13-7-4-11-8-14(18)16(20-15(11)9-13)10-2-5-12(17)6-3-10/h2-7,9,14,16-18H,8H2,1H3. The average molecular weight is 272 g/mol. The zero-order valence-electron chi connectivity index (χ0n) is 11.1. The normalized spacial score (nSPS) is 20.9. The van der Waals surface area contributed by atoms with Crippen molar-refractivity contribution in [3.63, 3.8) is 0 Å². The molecule has 1 aliphatic rings. The van der Waals surface area contributed by atoms with Crippen LogP contribution in [0.5, 0.6) is 17.2 Å². The molecule has 1 heterocycles. The second kappa shape index (κ2) is 5.06. The van der Waals surface area contributed by atoms with Crippen LogP contribution in [-0.4, -0.2) is 23.4 Å². The van der Waals surface area contributed by atoms with Gasteiger partial charge >= 0.3 is 0 Å². The quantitative estimate of drug-likeness (QED) is 0.881. The van der Waals surface area contributed by atoms with Crippen LogP contribution >= 0.6 is 0 Å². The fourth-order valence-electron chi connectivity index (χ4n) is 2.44. The first-order valence-corrected chi connectivity index (χ1v) is 6.48. The first kappa shape index (κ1) is 12.8. The number of hydrogen-bond acceptors (Lipinski definition) is 4. The lowest BCUT2D eigenvalue weighted by molar-refractivity contribution is 0.0206. The Kier molecular flexibility index (Phi) is 3.24. The molecule has 0 amide bonds. The lowest BCUT2D eigenvalue weighted by atomic mass is 9.94. The van der Waals surface area contributed by atoms with Crippen molar-refractivity contribution >= 4 is 0 Å². The molecule has 1 aliphatic heterocycles. The van der Waals surface area contributed by atoms with Crippen molar-refractivity contribution in [1.29, 1.82) is 0 Å². The van der Waals surface area contributed by atoms with E-state index in [0.29, 0.717) is 6.42 Å². The Morgan fingerprint density at radius 1 is 1.15 bits per heavy atom. The Morgan fingerprint density at radius 2 is 1.90 bits per heavy atom. The molecule has 4 heteroatoms. The second-order valence-electron chi connectivity index (χ2n) is 4.88. The molecule has 3 rings (SSSR count). The average Bonchev–Trinajstić information content (AvgIpc) is 2.47. The van der Waals surface area contributed by atoms with Crippen LogP contribution in [0.3, 0.4) is 0 Å². The molecule has 0 radical (unpaired) electrons. The number of phenolic OH excluding ortho intramolecular Hbond substituents is 1. The molecule has 20 heavy (non-hydrogen) atoms. The highest BCUT2D eigenvalue weighted by Gasteiger charge is 2.30. The number of methoxy groups -OCH3 is 1. The maximum atomic E-state index is 10.2. The van der Waals surface area contributed by atoms with Gasteiger partial charge in [-0.05, 0) is 29.3 Å². The van der Waals surface area contributed by atoms with E-state index in [-0.39, 0.29) is 5.75 Å². The zero-order chi connectivity index (χ0) is 14.1. The Morgan fingerprint density at radius 3 is 2.60 bits per heavy atom. The van der Waals surface area contributed by atoms with Gasteiger partial charge in [-0.1, -0.05) is 18.2 Å². The zero-order valence-corrected chi connectivity index (χ0v) is 11.1. The highest BCUT2D eigenvalue weighted by molar-refractivity contribution is 5.43. The Labute approximate surface area is 117 Å². The number of hydrogen-bond donors (Lipinski definition) is 2. The lowest BCUT2D eigenvalue weighted by Crippen LogP contribution is -2.30. The molecule has 0 bridgehead atoms. The molecule has 2 aromatic rings. The SMILES string of the molecule is COc1ccc2c(c1)OC(c1ccc(O)cc1)C(O)C2. The second-order valence-corrected chi connectivity index (χ2v) is 4.88. The summed E-state index contributed by atoms with van der Waals surface area (Å²) >= 11 is 0. The Balaban J connectivity index is 1.92. The third-order valence-corrected chi connectivity index (χ3v) is 3.53. The van der Waals surface area contributed by atoms with Crippen LogP contribution in [0.15, 0.2) is 42.5 Å². The highest BCUT2D eigenvalue weighted by atomic mass is 16.5. The summed E-state index contributed by atoms with van der Waals surface area (Å²) in [5, 5.41) is 19.6. The third-order valence-electron chi connectivity index (χ3n) is 3.53. The van der Waals surface area contributed by atoms with Gasteiger partial charge in [-0.3, -0.25) is 0 Å². The van der Waals surface area contributed by atoms with Gasteiger partial charge in [0.1, 0.15) is 23.4 Å². The van der Waals surface area contributed by atoms with Gasteiger partial charge in [0.25, 0.3) is 0 Å². The monoisotopic (exact) mass is 272 g/mol. The summed E-state index contributed by atoms with van der Waals surface area (Å²) < 4.78 is 11.1. The first-order valence-electron chi connectivity index (χ1n) is 6.48. The van der Waals surface area contributed by atoms with E-state index in [0.717, 1.165) is 22.6 Å². The number of aromatic hydroxyl groups is 1. The molecule has 0 spiro atoms. The topological polar surface area (TPSA) is 58.9 Å². The van der Waals surface area contributed by atoms with E-state index in [1.54, 1.807) is 31.4 Å². The molecule has 2 atom stereocenters. The van der Waals surface area contributed by atoms with Gasteiger partial charge < -0.3 is 19.7 Å². The summed E-state index contributed by atoms with van der Waals surface area (Å²) in [6.45, 7) is 0. The van der Waals surface area contributed by atoms with Crippen molar-refractivity contribution in [2.45, 2.75) is 18.6 Å². The lowest BCUT2D eigenvalue weighted by Gasteiger charge is -2.31. The summed E-state index contributed by atoms with van der Waals surface area (Å²) in [4.78, 5) is 0. The molecule has 0 aromatic heterocycles. The maximum Gasteiger partial charge on any atom is 0.150 e. The predicted molar refractivity (Wildman–Crippen MR) is 74.2 cm³/mol. The fourth-order valence-corrected chi connectivity index (χ4v) is 2.44. The van der Waals surface area contributed by atoms with Crippen molar-refractivity contribution < 1.29 is 19.7 Å². The van der Waals surface area contributed by atoms with Crippen LogP contribution in [-0.2, 0) is 6.42 Å². The van der Waals surface area contributed by atoms with Gasteiger partial charge in [0.2, 0.25) is 0 Å². The van der Waals surface area contributed by atoms with E-state index in [4.69, 9.17) is 9.47 Å². The minimum absolute atomic E-state index is 0.195. The third kappa shape index (κ3) is 2.30. The summed E-state index contributed by atoms with van der Waals surface area (Å²) in [5.74, 6) is 1.65. The summed E-state index contributed by atoms with van der Waals surface area (Å²) in [7, 11) is 1.61. The maximum absolute atomic E-state index is 10.2. The van der Waals surface area contributed by atoms with E-state index >= 15 is 0 Å². The first-order chi connectivity index (χ1) is 9.67. The molecular weight excluding hydrogens is 256 g/mol. The highest BCUT2D eigenvalue weighted by Crippen LogP contribution is 2.37. The summed E-state index contributed by atoms with van der Waals surface area (Å²) in [6, 6.07) is 12.3. The molecule has 0 saturated carbocycles. The number of ether oxygens (including phenoxy) is 2. The predicted octanol–water partition coefficient (Wildman–Crippen LogP) is 2.44. The van der Waals surface area contributed by atoms with Crippen LogP contribution in [0.4, 0.5) is 0 Å². The Hall–Kier alpha value is -2.20. The van der Waals surface area contributed by atoms with Crippen molar-refractivity contribution in [3.05, 3.63) is 53.6 Å². The largest absolute Gasteiger partial charge is 0.508 e. The van der Waals surface area contributed by atoms with Crippen LogP contribution < -0.4 is 9.47 Å². The number of aliphatic hydroxyl groups is 1. The van der Waals surface area contributed by atoms with E-state index in [9.17, 15) is 10.2 Å². The summed E-state index contributed by atoms with van der Waals surface area (Å²) in [5.41, 5.74) is 1.80. The van der Waals surface area contributed by atoms with Crippen LogP contribution in [0.1, 0.15) is 17.2 Å². The van der Waals surface area contributed by atoms with Gasteiger partial charge in [0, 0.05) is 12.5 Å². The Bertz CT molecular complexity index is 606. The molecule has 0 aliphatic carbocycles. The van der Waals surface area contributed by atoms with Gasteiger partial charge in [-0.15, -0.1) is 0 Å². The van der Waals surface area contributed by atoms with Gasteiger partial charge in [0.15, 0.2) is 0 Å². The van der Waals surface area contributed by atoms with Crippen LogP contribution in [0, 0.1) is 0 Å². The molecule has 2 N–H and O–H groups in total. The number of fused-ring (bicyclic) bond motifs is 1. The van der Waals surface area contributed by atoms with Gasteiger partial charge in [-0.2, -0.15) is 0 Å². The minimum Gasteiger partial charge on any atom is -0.508 e. The number of aliphatic hydroxyl groups excluding tert-OH is 1. The van der Waals surface area contributed by atoms with Crippen molar-refractivity contribution in [1.82, 2.24) is 0 Å². The molecule has 0 saturated heterocycles. The van der Waals surface area contributed by atoms with Gasteiger partial charge in [-0.25, -0.2) is 0 Å². The van der Waals surface area contributed by atoms with E-state index < -0.39 is 12.2 Å². The van der Waals surface area contributed by atoms with Crippen molar-refractivity contribution in [2.75, 3.05) is 7.11 Å². The molecule has 0 fully saturated rings. The van der Waals surface area contributed by atoms with E-state index in [2.05, 4.69) is 0 Å². The minimum atomic E-state index is -0.611. The molecular formula is C16H16O4. The van der Waals surface area contributed by atoms with Crippen LogP contribution in [0.2, 0.25) is 0 Å². The van der Waals surface area contributed by atoms with Crippen molar-refractivity contribution in [3.8, 4) is 17.2 Å². The molecule has 4 nitrogen and oxygen atoms in total. The number of benzene rings is 2. The number of phenols is 1. The molecule has 104 valence electrons. The van der Waals surface area contributed by atoms with Crippen LogP contribution in [0.25, 0.3) is 0 Å². The van der Waals surface area contributed by atoms with Gasteiger partial charge in [0.05, 0.1) is 13.2 Å². The number of rotatable bonds is 2. The smallest absolute Gasteiger partial charge is 0.150 e. The van der Waals surface area contributed by atoms with E-state index in [1.165, 1.54) is 0 Å². The fraction of sp³-hybridized carbons (Fsp3) is 0.250. The van der Waals surface area contributed by atoms with Crippen molar-refractivity contribution in [2.24, 2.45) is 0 Å². The summed E-state index contributed by atoms with van der Waals surface area (Å²) in [6.07, 6.45) is -0.513. The molecule has 2 aromatic carbocycles.